The van der Waals surface area contributed by atoms with Crippen LogP contribution in [0, 0.1) is 17.6 Å². The van der Waals surface area contributed by atoms with Crippen LogP contribution < -0.4 is 0 Å². The Bertz CT molecular complexity index is 451. The van der Waals surface area contributed by atoms with E-state index in [9.17, 15) is 18.4 Å². The summed E-state index contributed by atoms with van der Waals surface area (Å²) >= 11 is 0. The minimum atomic E-state index is -0.940. The molecule has 2 rings (SSSR count). The highest BCUT2D eigenvalue weighted by molar-refractivity contribution is 6.11. The molecular formula is C12H10F2O3. The van der Waals surface area contributed by atoms with Crippen LogP contribution in [0.15, 0.2) is 18.2 Å². The third-order valence-electron chi connectivity index (χ3n) is 2.63. The van der Waals surface area contributed by atoms with Gasteiger partial charge < -0.3 is 4.74 Å². The molecule has 1 aromatic rings. The molecule has 0 spiro atoms. The monoisotopic (exact) mass is 240 g/mol. The molecule has 0 radical (unpaired) electrons. The first-order valence-corrected chi connectivity index (χ1v) is 5.18. The fourth-order valence-corrected chi connectivity index (χ4v) is 1.76. The summed E-state index contributed by atoms with van der Waals surface area (Å²) in [4.78, 5) is 23.4. The van der Waals surface area contributed by atoms with Gasteiger partial charge in [-0.15, -0.1) is 0 Å². The minimum absolute atomic E-state index is 0.0181. The number of ketones is 2. The number of benzene rings is 1. The lowest BCUT2D eigenvalue weighted by atomic mass is 9.91. The van der Waals surface area contributed by atoms with Crippen LogP contribution in [0.2, 0.25) is 0 Å². The molecule has 1 aliphatic heterocycles. The average Bonchev–Trinajstić information content (AvgIpc) is 2.27. The van der Waals surface area contributed by atoms with Crippen molar-refractivity contribution in [2.45, 2.75) is 6.42 Å². The number of carbonyl (C=O) groups excluding carboxylic acids is 2. The second kappa shape index (κ2) is 4.71. The van der Waals surface area contributed by atoms with E-state index >= 15 is 0 Å². The molecule has 1 aromatic carbocycles. The first-order chi connectivity index (χ1) is 8.08. The summed E-state index contributed by atoms with van der Waals surface area (Å²) in [5.74, 6) is -3.45. The van der Waals surface area contributed by atoms with Crippen molar-refractivity contribution in [2.24, 2.45) is 5.92 Å². The van der Waals surface area contributed by atoms with E-state index in [4.69, 9.17) is 4.74 Å². The zero-order chi connectivity index (χ0) is 12.4. The van der Waals surface area contributed by atoms with Gasteiger partial charge in [-0.3, -0.25) is 9.59 Å². The second-order valence-electron chi connectivity index (χ2n) is 3.87. The third kappa shape index (κ3) is 2.55. The largest absolute Gasteiger partial charge is 0.380 e. The molecule has 0 N–H and O–H groups in total. The number of halogens is 2. The molecule has 0 aliphatic carbocycles. The van der Waals surface area contributed by atoms with Crippen molar-refractivity contribution in [3.05, 3.63) is 35.4 Å². The maximum absolute atomic E-state index is 12.9. The summed E-state index contributed by atoms with van der Waals surface area (Å²) in [5, 5.41) is 0. The number of hydrogen-bond acceptors (Lipinski definition) is 3. The molecule has 3 nitrogen and oxygen atoms in total. The van der Waals surface area contributed by atoms with Crippen LogP contribution >= 0.6 is 0 Å². The van der Waals surface area contributed by atoms with Crippen molar-refractivity contribution >= 4 is 11.6 Å². The van der Waals surface area contributed by atoms with E-state index in [1.807, 2.05) is 0 Å². The van der Waals surface area contributed by atoms with E-state index in [0.717, 1.165) is 12.1 Å². The molecule has 0 aromatic heterocycles. The Morgan fingerprint density at radius 1 is 1.24 bits per heavy atom. The standard InChI is InChI=1S/C12H10F2O3/c13-8-3-7(4-9(14)5-8)12(16)10-6-17-2-1-11(10)15/h3-5,10H,1-2,6H2. The molecular weight excluding hydrogens is 230 g/mol. The first-order valence-electron chi connectivity index (χ1n) is 5.18. The van der Waals surface area contributed by atoms with Gasteiger partial charge in [0.15, 0.2) is 5.78 Å². The van der Waals surface area contributed by atoms with Crippen LogP contribution in [0.5, 0.6) is 0 Å². The quantitative estimate of drug-likeness (QED) is 0.584. The van der Waals surface area contributed by atoms with Crippen molar-refractivity contribution < 1.29 is 23.1 Å². The van der Waals surface area contributed by atoms with Gasteiger partial charge >= 0.3 is 0 Å². The Morgan fingerprint density at radius 3 is 2.47 bits per heavy atom. The molecule has 0 bridgehead atoms. The average molecular weight is 240 g/mol. The van der Waals surface area contributed by atoms with Gasteiger partial charge in [0.2, 0.25) is 0 Å². The molecule has 1 aliphatic rings. The summed E-state index contributed by atoms with van der Waals surface area (Å²) in [6.07, 6.45) is 0.161. The number of carbonyl (C=O) groups is 2. The molecule has 1 unspecified atom stereocenters. The molecule has 0 saturated carbocycles. The summed E-state index contributed by atoms with van der Waals surface area (Å²) in [7, 11) is 0. The van der Waals surface area contributed by atoms with Gasteiger partial charge in [-0.1, -0.05) is 0 Å². The Kier molecular flexibility index (Phi) is 3.28. The van der Waals surface area contributed by atoms with Gasteiger partial charge in [-0.05, 0) is 12.1 Å². The molecule has 1 atom stereocenters. The molecule has 1 fully saturated rings. The normalized spacial score (nSPS) is 20.4. The SMILES string of the molecule is O=C1CCOCC1C(=O)c1cc(F)cc(F)c1. The lowest BCUT2D eigenvalue weighted by Gasteiger charge is -2.19. The predicted octanol–water partition coefficient (Wildman–Crippen LogP) is 1.75. The molecule has 1 heterocycles. The Morgan fingerprint density at radius 2 is 1.88 bits per heavy atom. The maximum Gasteiger partial charge on any atom is 0.175 e. The predicted molar refractivity (Wildman–Crippen MR) is 54.6 cm³/mol. The summed E-state index contributed by atoms with van der Waals surface area (Å²) in [6, 6.07) is 2.52. The van der Waals surface area contributed by atoms with Crippen molar-refractivity contribution in [2.75, 3.05) is 13.2 Å². The smallest absolute Gasteiger partial charge is 0.175 e. The first kappa shape index (κ1) is 11.9. The molecule has 1 saturated heterocycles. The van der Waals surface area contributed by atoms with E-state index in [2.05, 4.69) is 0 Å². The highest BCUT2D eigenvalue weighted by Gasteiger charge is 2.30. The van der Waals surface area contributed by atoms with E-state index in [1.165, 1.54) is 0 Å². The van der Waals surface area contributed by atoms with Crippen LogP contribution in [0.3, 0.4) is 0 Å². The zero-order valence-electron chi connectivity index (χ0n) is 8.91. The van der Waals surface area contributed by atoms with E-state index < -0.39 is 23.3 Å². The number of Topliss-reactive ketones (excluding diaryl/α,β-unsaturated/α-hetero) is 2. The van der Waals surface area contributed by atoms with Gasteiger partial charge in [0.25, 0.3) is 0 Å². The summed E-state index contributed by atoms with van der Waals surface area (Å²) in [6.45, 7) is 0.274. The Labute approximate surface area is 96.4 Å². The van der Waals surface area contributed by atoms with Crippen molar-refractivity contribution in [1.29, 1.82) is 0 Å². The molecule has 90 valence electrons. The fourth-order valence-electron chi connectivity index (χ4n) is 1.76. The van der Waals surface area contributed by atoms with Crippen LogP contribution in [0.4, 0.5) is 8.78 Å². The summed E-state index contributed by atoms with van der Waals surface area (Å²) < 4.78 is 30.9. The van der Waals surface area contributed by atoms with E-state index in [0.29, 0.717) is 12.7 Å². The topological polar surface area (TPSA) is 43.4 Å². The van der Waals surface area contributed by atoms with Crippen LogP contribution in [-0.4, -0.2) is 24.8 Å². The fraction of sp³-hybridized carbons (Fsp3) is 0.333. The Balaban J connectivity index is 2.26. The van der Waals surface area contributed by atoms with Gasteiger partial charge in [-0.25, -0.2) is 8.78 Å². The van der Waals surface area contributed by atoms with Crippen LogP contribution in [0.25, 0.3) is 0 Å². The maximum atomic E-state index is 12.9. The lowest BCUT2D eigenvalue weighted by molar-refractivity contribution is -0.128. The highest BCUT2D eigenvalue weighted by Crippen LogP contribution is 2.18. The van der Waals surface area contributed by atoms with Crippen molar-refractivity contribution in [3.8, 4) is 0 Å². The molecule has 17 heavy (non-hydrogen) atoms. The zero-order valence-corrected chi connectivity index (χ0v) is 8.91. The number of rotatable bonds is 2. The van der Waals surface area contributed by atoms with Gasteiger partial charge in [0, 0.05) is 18.1 Å². The van der Waals surface area contributed by atoms with Crippen molar-refractivity contribution in [1.82, 2.24) is 0 Å². The molecule has 0 amide bonds. The van der Waals surface area contributed by atoms with Crippen LogP contribution in [0.1, 0.15) is 16.8 Å². The lowest BCUT2D eigenvalue weighted by Crippen LogP contribution is -2.34. The highest BCUT2D eigenvalue weighted by atomic mass is 19.1. The van der Waals surface area contributed by atoms with Crippen molar-refractivity contribution in [3.63, 3.8) is 0 Å². The van der Waals surface area contributed by atoms with Gasteiger partial charge in [-0.2, -0.15) is 0 Å². The second-order valence-corrected chi connectivity index (χ2v) is 3.87. The number of hydrogen-bond donors (Lipinski definition) is 0. The van der Waals surface area contributed by atoms with Gasteiger partial charge in [0.1, 0.15) is 23.3 Å². The minimum Gasteiger partial charge on any atom is -0.380 e. The molecule has 5 heteroatoms. The van der Waals surface area contributed by atoms with Gasteiger partial charge in [0.05, 0.1) is 13.2 Å². The number of ether oxygens (including phenoxy) is 1. The Hall–Kier alpha value is -1.62. The van der Waals surface area contributed by atoms with Crippen LogP contribution in [-0.2, 0) is 9.53 Å². The summed E-state index contributed by atoms with van der Waals surface area (Å²) in [5.41, 5.74) is -0.133. The third-order valence-corrected chi connectivity index (χ3v) is 2.63. The van der Waals surface area contributed by atoms with E-state index in [1.54, 1.807) is 0 Å². The van der Waals surface area contributed by atoms with E-state index in [-0.39, 0.29) is 24.4 Å².